The molecular formula is C25H32BN3O4. The molecule has 3 heterocycles. The van der Waals surface area contributed by atoms with Crippen LogP contribution in [-0.4, -0.2) is 35.2 Å². The third-order valence-corrected chi connectivity index (χ3v) is 6.71. The van der Waals surface area contributed by atoms with Gasteiger partial charge in [-0.1, -0.05) is 26.0 Å². The van der Waals surface area contributed by atoms with Crippen molar-refractivity contribution in [2.45, 2.75) is 53.5 Å². The first-order valence-corrected chi connectivity index (χ1v) is 11.5. The van der Waals surface area contributed by atoms with Crippen LogP contribution in [0.1, 0.15) is 56.3 Å². The standard InChI is InChI=1S/C25H32BN3O4/c1-15-13-18(17(3)28-23-20(26(31)32)7-6-10-27-23)22-19(14-15)21(30)16(2)24(33-22)29-11-8-25(4,5)9-12-29/h6-7,10,13-14,17,31-32H,8-9,11-12H2,1-5H3,(H,27,28)/t17-/m0/s1. The Hall–Kier alpha value is -2.84. The van der Waals surface area contributed by atoms with Gasteiger partial charge in [0.25, 0.3) is 0 Å². The van der Waals surface area contributed by atoms with Crippen LogP contribution in [0.5, 0.6) is 0 Å². The van der Waals surface area contributed by atoms with Gasteiger partial charge in [-0.3, -0.25) is 4.79 Å². The number of hydrogen-bond acceptors (Lipinski definition) is 7. The fourth-order valence-corrected chi connectivity index (χ4v) is 4.52. The molecule has 0 amide bonds. The monoisotopic (exact) mass is 449 g/mol. The second-order valence-electron chi connectivity index (χ2n) is 9.92. The number of aryl methyl sites for hydroxylation is 1. The third-order valence-electron chi connectivity index (χ3n) is 6.71. The molecule has 1 aliphatic heterocycles. The van der Waals surface area contributed by atoms with E-state index in [0.29, 0.717) is 33.6 Å². The minimum absolute atomic E-state index is 0.0162. The zero-order chi connectivity index (χ0) is 23.9. The summed E-state index contributed by atoms with van der Waals surface area (Å²) in [7, 11) is -1.64. The third kappa shape index (κ3) is 4.63. The van der Waals surface area contributed by atoms with E-state index in [-0.39, 0.29) is 16.9 Å². The molecule has 1 fully saturated rings. The lowest BCUT2D eigenvalue weighted by Crippen LogP contribution is -2.38. The van der Waals surface area contributed by atoms with Gasteiger partial charge in [-0.15, -0.1) is 0 Å². The Labute approximate surface area is 194 Å². The van der Waals surface area contributed by atoms with Crippen LogP contribution in [0.2, 0.25) is 0 Å². The maximum absolute atomic E-state index is 13.4. The summed E-state index contributed by atoms with van der Waals surface area (Å²) >= 11 is 0. The Morgan fingerprint density at radius 2 is 1.91 bits per heavy atom. The van der Waals surface area contributed by atoms with Crippen LogP contribution in [0.4, 0.5) is 11.7 Å². The molecule has 2 aromatic heterocycles. The van der Waals surface area contributed by atoms with Crippen molar-refractivity contribution in [3.63, 3.8) is 0 Å². The van der Waals surface area contributed by atoms with Gasteiger partial charge in [-0.2, -0.15) is 0 Å². The van der Waals surface area contributed by atoms with Gasteiger partial charge in [0.1, 0.15) is 11.4 Å². The van der Waals surface area contributed by atoms with Crippen molar-refractivity contribution in [3.05, 3.63) is 57.4 Å². The number of pyridine rings is 1. The number of rotatable bonds is 5. The fourth-order valence-electron chi connectivity index (χ4n) is 4.52. The van der Waals surface area contributed by atoms with Gasteiger partial charge in [0, 0.05) is 30.3 Å². The molecule has 3 N–H and O–H groups in total. The van der Waals surface area contributed by atoms with Gasteiger partial charge in [-0.05, 0) is 56.7 Å². The summed E-state index contributed by atoms with van der Waals surface area (Å²) in [6.45, 7) is 12.0. The lowest BCUT2D eigenvalue weighted by Gasteiger charge is -2.37. The lowest BCUT2D eigenvalue weighted by molar-refractivity contribution is 0.274. The van der Waals surface area contributed by atoms with Gasteiger partial charge in [0.2, 0.25) is 5.88 Å². The average Bonchev–Trinajstić information content (AvgIpc) is 2.76. The van der Waals surface area contributed by atoms with Crippen molar-refractivity contribution in [2.24, 2.45) is 5.41 Å². The van der Waals surface area contributed by atoms with Gasteiger partial charge in [0.15, 0.2) is 5.43 Å². The molecule has 33 heavy (non-hydrogen) atoms. The van der Waals surface area contributed by atoms with Crippen LogP contribution < -0.4 is 21.1 Å². The SMILES string of the molecule is Cc1cc([C@H](C)Nc2ncccc2B(O)O)c2oc(N3CCC(C)(C)CC3)c(C)c(=O)c2c1. The molecule has 0 radical (unpaired) electrons. The zero-order valence-electron chi connectivity index (χ0n) is 20.0. The molecule has 0 spiro atoms. The molecule has 0 bridgehead atoms. The van der Waals surface area contributed by atoms with E-state index >= 15 is 0 Å². The Morgan fingerprint density at radius 1 is 1.21 bits per heavy atom. The van der Waals surface area contributed by atoms with Crippen molar-refractivity contribution in [1.82, 2.24) is 4.98 Å². The van der Waals surface area contributed by atoms with E-state index < -0.39 is 7.12 Å². The predicted molar refractivity (Wildman–Crippen MR) is 133 cm³/mol. The van der Waals surface area contributed by atoms with E-state index in [1.165, 1.54) is 0 Å². The minimum atomic E-state index is -1.64. The summed E-state index contributed by atoms with van der Waals surface area (Å²) in [6.07, 6.45) is 3.67. The Kier molecular flexibility index (Phi) is 6.25. The number of piperidine rings is 1. The number of fused-ring (bicyclic) bond motifs is 1. The van der Waals surface area contributed by atoms with Crippen molar-refractivity contribution in [3.8, 4) is 0 Å². The number of benzene rings is 1. The highest BCUT2D eigenvalue weighted by Crippen LogP contribution is 2.35. The van der Waals surface area contributed by atoms with E-state index in [2.05, 4.69) is 29.0 Å². The van der Waals surface area contributed by atoms with Gasteiger partial charge >= 0.3 is 7.12 Å². The molecular weight excluding hydrogens is 417 g/mol. The highest BCUT2D eigenvalue weighted by atomic mass is 16.4. The molecule has 0 saturated carbocycles. The summed E-state index contributed by atoms with van der Waals surface area (Å²) in [5.74, 6) is 1.02. The maximum Gasteiger partial charge on any atom is 0.492 e. The molecule has 0 aliphatic carbocycles. The largest absolute Gasteiger partial charge is 0.492 e. The van der Waals surface area contributed by atoms with Crippen LogP contribution in [0, 0.1) is 19.3 Å². The maximum atomic E-state index is 13.4. The van der Waals surface area contributed by atoms with Gasteiger partial charge in [0.05, 0.1) is 17.0 Å². The van der Waals surface area contributed by atoms with Crippen molar-refractivity contribution < 1.29 is 14.5 Å². The van der Waals surface area contributed by atoms with E-state index in [1.807, 2.05) is 32.9 Å². The molecule has 1 aliphatic rings. The summed E-state index contributed by atoms with van der Waals surface area (Å²) in [6, 6.07) is 6.84. The molecule has 0 unspecified atom stereocenters. The van der Waals surface area contributed by atoms with E-state index in [9.17, 15) is 14.8 Å². The van der Waals surface area contributed by atoms with Crippen molar-refractivity contribution in [1.29, 1.82) is 0 Å². The molecule has 8 heteroatoms. The predicted octanol–water partition coefficient (Wildman–Crippen LogP) is 3.28. The topological polar surface area (TPSA) is 98.8 Å². The number of hydrogen-bond donors (Lipinski definition) is 3. The first kappa shape index (κ1) is 23.3. The summed E-state index contributed by atoms with van der Waals surface area (Å²) in [5.41, 5.74) is 3.53. The van der Waals surface area contributed by atoms with E-state index in [0.717, 1.165) is 37.1 Å². The molecule has 1 saturated heterocycles. The molecule has 1 aromatic carbocycles. The number of nitrogens with one attached hydrogen (secondary N) is 1. The van der Waals surface area contributed by atoms with Crippen LogP contribution in [0.3, 0.4) is 0 Å². The number of nitrogens with zero attached hydrogens (tertiary/aromatic N) is 2. The van der Waals surface area contributed by atoms with E-state index in [1.54, 1.807) is 18.3 Å². The average molecular weight is 449 g/mol. The van der Waals surface area contributed by atoms with Crippen LogP contribution >= 0.6 is 0 Å². The molecule has 7 nitrogen and oxygen atoms in total. The quantitative estimate of drug-likeness (QED) is 0.514. The summed E-state index contributed by atoms with van der Waals surface area (Å²) in [4.78, 5) is 19.8. The van der Waals surface area contributed by atoms with Gasteiger partial charge < -0.3 is 24.7 Å². The summed E-state index contributed by atoms with van der Waals surface area (Å²) in [5, 5.41) is 23.2. The first-order valence-electron chi connectivity index (χ1n) is 11.5. The zero-order valence-corrected chi connectivity index (χ0v) is 20.0. The normalized spacial score (nSPS) is 16.6. The number of anilines is 2. The highest BCUT2D eigenvalue weighted by Gasteiger charge is 2.29. The van der Waals surface area contributed by atoms with Crippen LogP contribution in [0.25, 0.3) is 11.0 Å². The molecule has 174 valence electrons. The van der Waals surface area contributed by atoms with Gasteiger partial charge in [-0.25, -0.2) is 4.98 Å². The Morgan fingerprint density at radius 3 is 2.58 bits per heavy atom. The second kappa shape index (κ2) is 8.84. The molecule has 3 aromatic rings. The van der Waals surface area contributed by atoms with E-state index in [4.69, 9.17) is 4.42 Å². The smallest absolute Gasteiger partial charge is 0.440 e. The van der Waals surface area contributed by atoms with Crippen molar-refractivity contribution in [2.75, 3.05) is 23.3 Å². The van der Waals surface area contributed by atoms with Crippen LogP contribution in [0.15, 0.2) is 39.7 Å². The minimum Gasteiger partial charge on any atom is -0.440 e. The fraction of sp³-hybridized carbons (Fsp3) is 0.440. The Balaban J connectivity index is 1.79. The second-order valence-corrected chi connectivity index (χ2v) is 9.92. The lowest BCUT2D eigenvalue weighted by atomic mass is 9.80. The Bertz CT molecular complexity index is 1230. The number of aromatic nitrogens is 1. The molecule has 4 rings (SSSR count). The van der Waals surface area contributed by atoms with Crippen molar-refractivity contribution >= 4 is 35.3 Å². The summed E-state index contributed by atoms with van der Waals surface area (Å²) < 4.78 is 6.47. The van der Waals surface area contributed by atoms with Crippen LogP contribution in [-0.2, 0) is 0 Å². The highest BCUT2D eigenvalue weighted by molar-refractivity contribution is 6.60. The molecule has 1 atom stereocenters. The first-order chi connectivity index (χ1) is 15.6.